The number of nitrogens with two attached hydrogens (primary N) is 1. The van der Waals surface area contributed by atoms with Crippen molar-refractivity contribution < 1.29 is 9.53 Å². The minimum atomic E-state index is -0.822. The summed E-state index contributed by atoms with van der Waals surface area (Å²) in [5.74, 6) is -0.309. The molecule has 0 spiro atoms. The largest absolute Gasteiger partial charge is 0.464 e. The number of hydrogen-bond donors (Lipinski definition) is 1. The van der Waals surface area contributed by atoms with Gasteiger partial charge in [-0.25, -0.2) is 4.79 Å². The summed E-state index contributed by atoms with van der Waals surface area (Å²) < 4.78 is 6.57. The summed E-state index contributed by atoms with van der Waals surface area (Å²) in [5, 5.41) is 4.08. The van der Waals surface area contributed by atoms with E-state index in [1.54, 1.807) is 25.5 Å². The molecule has 0 aromatic carbocycles. The number of ether oxygens (including phenoxy) is 1. The van der Waals surface area contributed by atoms with Crippen molar-refractivity contribution in [2.75, 3.05) is 12.3 Å². The quantitative estimate of drug-likeness (QED) is 0.759. The van der Waals surface area contributed by atoms with Gasteiger partial charge >= 0.3 is 5.97 Å². The molecule has 1 heterocycles. The van der Waals surface area contributed by atoms with E-state index in [-0.39, 0.29) is 5.97 Å². The van der Waals surface area contributed by atoms with Crippen molar-refractivity contribution in [1.29, 1.82) is 0 Å². The first-order valence-electron chi connectivity index (χ1n) is 4.89. The van der Waals surface area contributed by atoms with Gasteiger partial charge in [0, 0.05) is 0 Å². The first-order chi connectivity index (χ1) is 6.91. The van der Waals surface area contributed by atoms with Gasteiger partial charge in [0.15, 0.2) is 5.54 Å². The van der Waals surface area contributed by atoms with Crippen molar-refractivity contribution in [2.45, 2.75) is 33.2 Å². The van der Waals surface area contributed by atoms with Crippen LogP contribution in [0, 0.1) is 6.92 Å². The molecule has 0 aliphatic carbocycles. The molecule has 0 aliphatic heterocycles. The Morgan fingerprint density at radius 3 is 2.67 bits per heavy atom. The van der Waals surface area contributed by atoms with Crippen LogP contribution in [0.2, 0.25) is 0 Å². The van der Waals surface area contributed by atoms with Crippen LogP contribution in [0.15, 0.2) is 6.20 Å². The van der Waals surface area contributed by atoms with E-state index in [9.17, 15) is 4.79 Å². The van der Waals surface area contributed by atoms with Crippen molar-refractivity contribution in [3.63, 3.8) is 0 Å². The lowest BCUT2D eigenvalue weighted by Gasteiger charge is -2.24. The summed E-state index contributed by atoms with van der Waals surface area (Å²) in [6.07, 6.45) is 1.54. The zero-order chi connectivity index (χ0) is 11.6. The van der Waals surface area contributed by atoms with Gasteiger partial charge in [-0.2, -0.15) is 5.10 Å². The zero-order valence-corrected chi connectivity index (χ0v) is 9.57. The van der Waals surface area contributed by atoms with Gasteiger partial charge in [0.2, 0.25) is 0 Å². The normalized spacial score (nSPS) is 11.5. The van der Waals surface area contributed by atoms with E-state index in [2.05, 4.69) is 5.10 Å². The van der Waals surface area contributed by atoms with Crippen molar-refractivity contribution in [3.05, 3.63) is 11.9 Å². The lowest BCUT2D eigenvalue weighted by Crippen LogP contribution is -2.39. The van der Waals surface area contributed by atoms with Crippen molar-refractivity contribution in [2.24, 2.45) is 0 Å². The van der Waals surface area contributed by atoms with Crippen molar-refractivity contribution >= 4 is 11.7 Å². The maximum absolute atomic E-state index is 11.7. The number of esters is 1. The molecule has 1 aromatic rings. The Balaban J connectivity index is 3.05. The maximum Gasteiger partial charge on any atom is 0.333 e. The molecule has 0 saturated heterocycles. The molecule has 0 amide bonds. The molecule has 5 heteroatoms. The van der Waals surface area contributed by atoms with Crippen LogP contribution >= 0.6 is 0 Å². The summed E-state index contributed by atoms with van der Waals surface area (Å²) in [6.45, 7) is 7.47. The van der Waals surface area contributed by atoms with Crippen LogP contribution in [-0.4, -0.2) is 22.4 Å². The van der Waals surface area contributed by atoms with E-state index in [4.69, 9.17) is 10.5 Å². The molecule has 0 aliphatic rings. The van der Waals surface area contributed by atoms with E-state index in [0.29, 0.717) is 12.3 Å². The number of carbonyl (C=O) groups excluding carboxylic acids is 1. The van der Waals surface area contributed by atoms with Crippen LogP contribution in [0.25, 0.3) is 0 Å². The molecule has 0 bridgehead atoms. The van der Waals surface area contributed by atoms with Gasteiger partial charge in [0.1, 0.15) is 0 Å². The Kier molecular flexibility index (Phi) is 3.02. The van der Waals surface area contributed by atoms with Crippen LogP contribution in [-0.2, 0) is 15.1 Å². The number of nitrogen functional groups attached to an aromatic ring is 1. The molecule has 0 unspecified atom stereocenters. The van der Waals surface area contributed by atoms with E-state index < -0.39 is 5.54 Å². The molecule has 2 N–H and O–H groups in total. The monoisotopic (exact) mass is 211 g/mol. The fourth-order valence-electron chi connectivity index (χ4n) is 1.38. The van der Waals surface area contributed by atoms with E-state index in [1.807, 2.05) is 6.92 Å². The molecule has 0 saturated carbocycles. The number of hydrogen-bond acceptors (Lipinski definition) is 4. The third kappa shape index (κ3) is 1.95. The van der Waals surface area contributed by atoms with E-state index in [1.165, 1.54) is 6.20 Å². The van der Waals surface area contributed by atoms with Gasteiger partial charge in [0.05, 0.1) is 24.2 Å². The van der Waals surface area contributed by atoms with Gasteiger partial charge in [-0.3, -0.25) is 4.68 Å². The molecule has 0 atom stereocenters. The summed E-state index contributed by atoms with van der Waals surface area (Å²) in [6, 6.07) is 0. The molecule has 5 nitrogen and oxygen atoms in total. The first-order valence-corrected chi connectivity index (χ1v) is 4.89. The summed E-state index contributed by atoms with van der Waals surface area (Å²) in [5.41, 5.74) is 6.20. The summed E-state index contributed by atoms with van der Waals surface area (Å²) in [7, 11) is 0. The predicted molar refractivity (Wildman–Crippen MR) is 57.3 cm³/mol. The molecule has 1 rings (SSSR count). The fraction of sp³-hybridized carbons (Fsp3) is 0.600. The van der Waals surface area contributed by atoms with Crippen LogP contribution < -0.4 is 5.73 Å². The Labute approximate surface area is 89.2 Å². The Hall–Kier alpha value is -1.52. The highest BCUT2D eigenvalue weighted by molar-refractivity contribution is 5.78. The van der Waals surface area contributed by atoms with Gasteiger partial charge < -0.3 is 10.5 Å². The SMILES string of the molecule is CCOC(=O)C(C)(C)n1ncc(N)c1C. The fourth-order valence-corrected chi connectivity index (χ4v) is 1.38. The Morgan fingerprint density at radius 1 is 1.67 bits per heavy atom. The second-order valence-corrected chi connectivity index (χ2v) is 3.88. The van der Waals surface area contributed by atoms with Gasteiger partial charge in [-0.15, -0.1) is 0 Å². The molecule has 15 heavy (non-hydrogen) atoms. The Bertz CT molecular complexity index is 369. The van der Waals surface area contributed by atoms with Crippen LogP contribution in [0.3, 0.4) is 0 Å². The molecule has 0 fully saturated rings. The lowest BCUT2D eigenvalue weighted by molar-refractivity contribution is -0.152. The van der Waals surface area contributed by atoms with Crippen LogP contribution in [0.4, 0.5) is 5.69 Å². The van der Waals surface area contributed by atoms with Gasteiger partial charge in [0.25, 0.3) is 0 Å². The molecule has 1 aromatic heterocycles. The molecular formula is C10H17N3O2. The summed E-state index contributed by atoms with van der Waals surface area (Å²) in [4.78, 5) is 11.7. The maximum atomic E-state index is 11.7. The highest BCUT2D eigenvalue weighted by atomic mass is 16.5. The minimum absolute atomic E-state index is 0.309. The number of aromatic nitrogens is 2. The Morgan fingerprint density at radius 2 is 2.27 bits per heavy atom. The summed E-state index contributed by atoms with van der Waals surface area (Å²) >= 11 is 0. The topological polar surface area (TPSA) is 70.1 Å². The number of carbonyl (C=O) groups is 1. The van der Waals surface area contributed by atoms with Gasteiger partial charge in [-0.05, 0) is 27.7 Å². The molecule has 0 radical (unpaired) electrons. The second-order valence-electron chi connectivity index (χ2n) is 3.88. The average Bonchev–Trinajstić information content (AvgIpc) is 2.48. The average molecular weight is 211 g/mol. The highest BCUT2D eigenvalue weighted by Gasteiger charge is 2.33. The lowest BCUT2D eigenvalue weighted by atomic mass is 10.1. The van der Waals surface area contributed by atoms with E-state index >= 15 is 0 Å². The van der Waals surface area contributed by atoms with Crippen molar-refractivity contribution in [3.8, 4) is 0 Å². The number of rotatable bonds is 3. The molecule has 84 valence electrons. The van der Waals surface area contributed by atoms with Crippen molar-refractivity contribution in [1.82, 2.24) is 9.78 Å². The standard InChI is InChI=1S/C10H17N3O2/c1-5-15-9(14)10(3,4)13-7(2)8(11)6-12-13/h6H,5,11H2,1-4H3. The van der Waals surface area contributed by atoms with E-state index in [0.717, 1.165) is 5.69 Å². The highest BCUT2D eigenvalue weighted by Crippen LogP contribution is 2.21. The smallest absolute Gasteiger partial charge is 0.333 e. The second kappa shape index (κ2) is 3.92. The number of nitrogens with zero attached hydrogens (tertiary/aromatic N) is 2. The zero-order valence-electron chi connectivity index (χ0n) is 9.57. The minimum Gasteiger partial charge on any atom is -0.464 e. The third-order valence-corrected chi connectivity index (χ3v) is 2.35. The van der Waals surface area contributed by atoms with Crippen LogP contribution in [0.5, 0.6) is 0 Å². The first kappa shape index (κ1) is 11.6. The van der Waals surface area contributed by atoms with Gasteiger partial charge in [-0.1, -0.05) is 0 Å². The van der Waals surface area contributed by atoms with Crippen LogP contribution in [0.1, 0.15) is 26.5 Å². The third-order valence-electron chi connectivity index (χ3n) is 2.35. The molecular weight excluding hydrogens is 194 g/mol. The number of anilines is 1. The predicted octanol–water partition coefficient (Wildman–Crippen LogP) is 1.07.